The molecule has 0 aliphatic heterocycles. The standard InChI is InChI=1S/C25H21ClN4O/c1-17-6-5-9-21(14-17)27-16-24(31)30-25-28-22(18-7-3-2-4-8-18)15-23(29-25)19-10-12-20(26)13-11-19/h2-15,27H,16H2,1H3,(H,28,29,30,31). The minimum atomic E-state index is -0.228. The fourth-order valence-electron chi connectivity index (χ4n) is 3.13. The maximum Gasteiger partial charge on any atom is 0.246 e. The number of hydrogen-bond donors (Lipinski definition) is 2. The number of rotatable bonds is 6. The van der Waals surface area contributed by atoms with Gasteiger partial charge in [-0.3, -0.25) is 10.1 Å². The Morgan fingerprint density at radius 1 is 0.839 bits per heavy atom. The third-order valence-electron chi connectivity index (χ3n) is 4.66. The van der Waals surface area contributed by atoms with Gasteiger partial charge in [-0.15, -0.1) is 0 Å². The molecule has 0 radical (unpaired) electrons. The number of anilines is 2. The molecule has 1 aromatic heterocycles. The van der Waals surface area contributed by atoms with Crippen molar-refractivity contribution in [2.45, 2.75) is 6.92 Å². The second-order valence-electron chi connectivity index (χ2n) is 7.11. The minimum absolute atomic E-state index is 0.110. The molecule has 5 nitrogen and oxygen atoms in total. The van der Waals surface area contributed by atoms with Gasteiger partial charge < -0.3 is 5.32 Å². The number of carbonyl (C=O) groups is 1. The third kappa shape index (κ3) is 5.47. The molecule has 0 saturated carbocycles. The Labute approximate surface area is 186 Å². The lowest BCUT2D eigenvalue weighted by atomic mass is 10.1. The molecule has 6 heteroatoms. The Hall–Kier alpha value is -3.70. The molecule has 0 unspecified atom stereocenters. The zero-order valence-corrected chi connectivity index (χ0v) is 17.7. The molecule has 0 aliphatic rings. The van der Waals surface area contributed by atoms with Crippen molar-refractivity contribution in [3.05, 3.63) is 95.5 Å². The fraction of sp³-hybridized carbons (Fsp3) is 0.0800. The summed E-state index contributed by atoms with van der Waals surface area (Å²) in [6.45, 7) is 2.12. The zero-order chi connectivity index (χ0) is 21.6. The van der Waals surface area contributed by atoms with E-state index in [-0.39, 0.29) is 18.4 Å². The highest BCUT2D eigenvalue weighted by atomic mass is 35.5. The van der Waals surface area contributed by atoms with Crippen LogP contribution in [0.1, 0.15) is 5.56 Å². The molecule has 1 amide bonds. The summed E-state index contributed by atoms with van der Waals surface area (Å²) in [5, 5.41) is 6.58. The summed E-state index contributed by atoms with van der Waals surface area (Å²) in [5.74, 6) is 0.0242. The summed E-state index contributed by atoms with van der Waals surface area (Å²) in [5.41, 5.74) is 5.26. The highest BCUT2D eigenvalue weighted by Crippen LogP contribution is 2.26. The van der Waals surface area contributed by atoms with Crippen molar-refractivity contribution in [2.24, 2.45) is 0 Å². The Morgan fingerprint density at radius 3 is 2.19 bits per heavy atom. The predicted molar refractivity (Wildman–Crippen MR) is 126 cm³/mol. The van der Waals surface area contributed by atoms with Crippen LogP contribution in [0.2, 0.25) is 5.02 Å². The summed E-state index contributed by atoms with van der Waals surface area (Å²) < 4.78 is 0. The van der Waals surface area contributed by atoms with Crippen molar-refractivity contribution in [2.75, 3.05) is 17.2 Å². The summed E-state index contributed by atoms with van der Waals surface area (Å²) >= 11 is 6.02. The summed E-state index contributed by atoms with van der Waals surface area (Å²) in [6.07, 6.45) is 0. The van der Waals surface area contributed by atoms with Gasteiger partial charge in [0, 0.05) is 21.8 Å². The topological polar surface area (TPSA) is 66.9 Å². The smallest absolute Gasteiger partial charge is 0.246 e. The van der Waals surface area contributed by atoms with Gasteiger partial charge in [0.1, 0.15) is 0 Å². The van der Waals surface area contributed by atoms with E-state index in [2.05, 4.69) is 20.6 Å². The van der Waals surface area contributed by atoms with Gasteiger partial charge in [0.25, 0.3) is 0 Å². The number of halogens is 1. The minimum Gasteiger partial charge on any atom is -0.376 e. The van der Waals surface area contributed by atoms with Crippen molar-refractivity contribution >= 4 is 29.1 Å². The van der Waals surface area contributed by atoms with E-state index < -0.39 is 0 Å². The molecular weight excluding hydrogens is 408 g/mol. The lowest BCUT2D eigenvalue weighted by Crippen LogP contribution is -2.23. The Kier molecular flexibility index (Phi) is 6.24. The number of nitrogens with zero attached hydrogens (tertiary/aromatic N) is 2. The van der Waals surface area contributed by atoms with Crippen molar-refractivity contribution < 1.29 is 4.79 Å². The van der Waals surface area contributed by atoms with E-state index in [1.54, 1.807) is 0 Å². The van der Waals surface area contributed by atoms with Gasteiger partial charge in [0.2, 0.25) is 11.9 Å². The first-order valence-corrected chi connectivity index (χ1v) is 10.3. The number of amides is 1. The molecule has 2 N–H and O–H groups in total. The fourth-order valence-corrected chi connectivity index (χ4v) is 3.26. The molecule has 4 aromatic rings. The second kappa shape index (κ2) is 9.41. The molecule has 31 heavy (non-hydrogen) atoms. The van der Waals surface area contributed by atoms with Crippen LogP contribution < -0.4 is 10.6 Å². The van der Waals surface area contributed by atoms with E-state index in [1.807, 2.05) is 91.9 Å². The predicted octanol–water partition coefficient (Wildman–Crippen LogP) is 5.82. The summed E-state index contributed by atoms with van der Waals surface area (Å²) in [4.78, 5) is 21.7. The van der Waals surface area contributed by atoms with Gasteiger partial charge in [0.05, 0.1) is 17.9 Å². The van der Waals surface area contributed by atoms with E-state index in [0.717, 1.165) is 28.1 Å². The van der Waals surface area contributed by atoms with Crippen molar-refractivity contribution in [1.82, 2.24) is 9.97 Å². The van der Waals surface area contributed by atoms with Crippen molar-refractivity contribution in [3.8, 4) is 22.5 Å². The average molecular weight is 429 g/mol. The van der Waals surface area contributed by atoms with Gasteiger partial charge in [-0.25, -0.2) is 9.97 Å². The Morgan fingerprint density at radius 2 is 1.52 bits per heavy atom. The first-order chi connectivity index (χ1) is 15.1. The molecule has 0 bridgehead atoms. The first kappa shape index (κ1) is 20.6. The maximum absolute atomic E-state index is 12.5. The number of aryl methyl sites for hydroxylation is 1. The molecule has 0 fully saturated rings. The van der Waals surface area contributed by atoms with Crippen LogP contribution in [0.4, 0.5) is 11.6 Å². The number of nitrogens with one attached hydrogen (secondary N) is 2. The van der Waals surface area contributed by atoms with E-state index in [9.17, 15) is 4.79 Å². The molecule has 3 aromatic carbocycles. The number of benzene rings is 3. The highest BCUT2D eigenvalue weighted by molar-refractivity contribution is 6.30. The van der Waals surface area contributed by atoms with E-state index in [4.69, 9.17) is 11.6 Å². The SMILES string of the molecule is Cc1cccc(NCC(=O)Nc2nc(-c3ccccc3)cc(-c3ccc(Cl)cc3)n2)c1. The van der Waals surface area contributed by atoms with Gasteiger partial charge in [-0.05, 0) is 42.8 Å². The summed E-state index contributed by atoms with van der Waals surface area (Å²) in [7, 11) is 0. The third-order valence-corrected chi connectivity index (χ3v) is 4.91. The molecule has 0 spiro atoms. The van der Waals surface area contributed by atoms with E-state index in [1.165, 1.54) is 0 Å². The first-order valence-electron chi connectivity index (χ1n) is 9.88. The average Bonchev–Trinajstić information content (AvgIpc) is 2.79. The lowest BCUT2D eigenvalue weighted by molar-refractivity contribution is -0.114. The number of hydrogen-bond acceptors (Lipinski definition) is 4. The highest BCUT2D eigenvalue weighted by Gasteiger charge is 2.11. The number of carbonyl (C=O) groups excluding carboxylic acids is 1. The van der Waals surface area contributed by atoms with Crippen LogP contribution >= 0.6 is 11.6 Å². The monoisotopic (exact) mass is 428 g/mol. The Bertz CT molecular complexity index is 1190. The van der Waals surface area contributed by atoms with Crippen LogP contribution in [-0.2, 0) is 4.79 Å². The molecule has 0 saturated heterocycles. The van der Waals surface area contributed by atoms with Crippen LogP contribution in [-0.4, -0.2) is 22.4 Å². The molecular formula is C25H21ClN4O. The van der Waals surface area contributed by atoms with Gasteiger partial charge >= 0.3 is 0 Å². The molecule has 0 aliphatic carbocycles. The van der Waals surface area contributed by atoms with Gasteiger partial charge in [-0.2, -0.15) is 0 Å². The number of aromatic nitrogens is 2. The molecule has 4 rings (SSSR count). The molecule has 0 atom stereocenters. The van der Waals surface area contributed by atoms with Crippen LogP contribution in [0.25, 0.3) is 22.5 Å². The van der Waals surface area contributed by atoms with Crippen molar-refractivity contribution in [1.29, 1.82) is 0 Å². The van der Waals surface area contributed by atoms with Crippen LogP contribution in [0.15, 0.2) is 84.9 Å². The Balaban J connectivity index is 1.59. The lowest BCUT2D eigenvalue weighted by Gasteiger charge is -2.11. The van der Waals surface area contributed by atoms with Gasteiger partial charge in [-0.1, -0.05) is 66.2 Å². The van der Waals surface area contributed by atoms with Crippen molar-refractivity contribution in [3.63, 3.8) is 0 Å². The van der Waals surface area contributed by atoms with Gasteiger partial charge in [0.15, 0.2) is 0 Å². The zero-order valence-electron chi connectivity index (χ0n) is 17.0. The van der Waals surface area contributed by atoms with E-state index in [0.29, 0.717) is 10.7 Å². The van der Waals surface area contributed by atoms with Crippen LogP contribution in [0.3, 0.4) is 0 Å². The van der Waals surface area contributed by atoms with Crippen LogP contribution in [0.5, 0.6) is 0 Å². The largest absolute Gasteiger partial charge is 0.376 e. The summed E-state index contributed by atoms with van der Waals surface area (Å²) in [6, 6.07) is 27.0. The second-order valence-corrected chi connectivity index (χ2v) is 7.54. The molecule has 1 heterocycles. The quantitative estimate of drug-likeness (QED) is 0.406. The maximum atomic E-state index is 12.5. The van der Waals surface area contributed by atoms with Crippen LogP contribution in [0, 0.1) is 6.92 Å². The van der Waals surface area contributed by atoms with E-state index >= 15 is 0 Å². The normalized spacial score (nSPS) is 10.5. The molecule has 154 valence electrons.